The van der Waals surface area contributed by atoms with Gasteiger partial charge in [0.2, 0.25) is 0 Å². The minimum atomic E-state index is -0.379. The summed E-state index contributed by atoms with van der Waals surface area (Å²) in [6, 6.07) is 4.54. The van der Waals surface area contributed by atoms with Gasteiger partial charge in [-0.2, -0.15) is 0 Å². The number of ether oxygens (including phenoxy) is 1. The molecular weight excluding hydrogens is 279 g/mol. The highest BCUT2D eigenvalue weighted by Gasteiger charge is 2.34. The number of rotatable bonds is 3. The molecule has 0 aliphatic carbocycles. The Labute approximate surface area is 124 Å². The molecule has 1 aromatic carbocycles. The Bertz CT molecular complexity index is 460. The molecule has 1 aromatic rings. The largest absolute Gasteiger partial charge is 0.492 e. The number of hydrogen-bond donors (Lipinski definition) is 1. The van der Waals surface area contributed by atoms with E-state index in [2.05, 4.69) is 10.2 Å². The number of hydrogen-bond acceptors (Lipinski definition) is 3. The van der Waals surface area contributed by atoms with Crippen molar-refractivity contribution >= 4 is 11.6 Å². The summed E-state index contributed by atoms with van der Waals surface area (Å²) in [5.74, 6) is -0.244. The van der Waals surface area contributed by atoms with Gasteiger partial charge in [-0.15, -0.1) is 0 Å². The molecule has 0 spiro atoms. The first-order valence-corrected chi connectivity index (χ1v) is 7.55. The molecule has 2 saturated heterocycles. The molecule has 3 nitrogen and oxygen atoms in total. The van der Waals surface area contributed by atoms with Crippen molar-refractivity contribution in [3.8, 4) is 5.75 Å². The predicted molar refractivity (Wildman–Crippen MR) is 77.8 cm³/mol. The lowest BCUT2D eigenvalue weighted by atomic mass is 10.1. The van der Waals surface area contributed by atoms with Crippen LogP contribution in [0, 0.1) is 5.82 Å². The fourth-order valence-corrected chi connectivity index (χ4v) is 3.76. The average Bonchev–Trinajstić information content (AvgIpc) is 2.62. The second-order valence-electron chi connectivity index (χ2n) is 5.64. The third-order valence-corrected chi connectivity index (χ3v) is 4.71. The van der Waals surface area contributed by atoms with Gasteiger partial charge in [0.15, 0.2) is 11.6 Å². The van der Waals surface area contributed by atoms with Crippen LogP contribution in [0.15, 0.2) is 12.1 Å². The Hall–Kier alpha value is -0.840. The summed E-state index contributed by atoms with van der Waals surface area (Å²) in [5.41, 5.74) is 0.923. The molecule has 2 aliphatic heterocycles. The highest BCUT2D eigenvalue weighted by Crippen LogP contribution is 2.33. The molecule has 0 radical (unpaired) electrons. The summed E-state index contributed by atoms with van der Waals surface area (Å²) in [6.07, 6.45) is 3.64. The van der Waals surface area contributed by atoms with Gasteiger partial charge in [-0.3, -0.25) is 4.90 Å². The van der Waals surface area contributed by atoms with Crippen LogP contribution < -0.4 is 10.1 Å². The fourth-order valence-electron chi connectivity index (χ4n) is 3.45. The average molecular weight is 299 g/mol. The van der Waals surface area contributed by atoms with Gasteiger partial charge in [0, 0.05) is 25.2 Å². The molecular formula is C15H20ClFN2O. The molecule has 0 unspecified atom stereocenters. The predicted octanol–water partition coefficient (Wildman–Crippen LogP) is 2.81. The molecule has 20 heavy (non-hydrogen) atoms. The Kier molecular flexibility index (Phi) is 4.15. The fraction of sp³-hybridized carbons (Fsp3) is 0.600. The SMILES string of the molecule is COc1c(F)cc(CN2[C@H]3CCNC[C@@H]2CC3)cc1Cl. The van der Waals surface area contributed by atoms with E-state index in [0.717, 1.165) is 25.2 Å². The van der Waals surface area contributed by atoms with Crippen LogP contribution in [0.5, 0.6) is 5.75 Å². The Balaban J connectivity index is 1.81. The van der Waals surface area contributed by atoms with Crippen LogP contribution in [-0.4, -0.2) is 37.2 Å². The monoisotopic (exact) mass is 298 g/mol. The Morgan fingerprint density at radius 2 is 2.15 bits per heavy atom. The van der Waals surface area contributed by atoms with E-state index in [4.69, 9.17) is 16.3 Å². The lowest BCUT2D eigenvalue weighted by Gasteiger charge is -2.27. The number of methoxy groups -OCH3 is 1. The highest BCUT2D eigenvalue weighted by atomic mass is 35.5. The van der Waals surface area contributed by atoms with E-state index in [1.165, 1.54) is 26.4 Å². The van der Waals surface area contributed by atoms with Crippen molar-refractivity contribution in [3.05, 3.63) is 28.5 Å². The van der Waals surface area contributed by atoms with Crippen molar-refractivity contribution in [2.24, 2.45) is 0 Å². The second-order valence-corrected chi connectivity index (χ2v) is 6.05. The minimum Gasteiger partial charge on any atom is -0.492 e. The van der Waals surface area contributed by atoms with Crippen LogP contribution in [0.4, 0.5) is 4.39 Å². The lowest BCUT2D eigenvalue weighted by Crippen LogP contribution is -2.37. The maximum atomic E-state index is 13.9. The van der Waals surface area contributed by atoms with Crippen LogP contribution in [0.1, 0.15) is 24.8 Å². The summed E-state index contributed by atoms with van der Waals surface area (Å²) in [7, 11) is 1.44. The van der Waals surface area contributed by atoms with Gasteiger partial charge in [0.25, 0.3) is 0 Å². The Morgan fingerprint density at radius 3 is 2.90 bits per heavy atom. The van der Waals surface area contributed by atoms with E-state index in [-0.39, 0.29) is 11.6 Å². The van der Waals surface area contributed by atoms with Crippen molar-refractivity contribution in [1.29, 1.82) is 0 Å². The normalized spacial score (nSPS) is 26.6. The van der Waals surface area contributed by atoms with E-state index in [1.54, 1.807) is 6.07 Å². The molecule has 2 heterocycles. The summed E-state index contributed by atoms with van der Waals surface area (Å²) >= 11 is 6.08. The lowest BCUT2D eigenvalue weighted by molar-refractivity contribution is 0.193. The molecule has 1 N–H and O–H groups in total. The number of fused-ring (bicyclic) bond motifs is 2. The van der Waals surface area contributed by atoms with E-state index in [0.29, 0.717) is 17.1 Å². The van der Waals surface area contributed by atoms with Gasteiger partial charge >= 0.3 is 0 Å². The van der Waals surface area contributed by atoms with Crippen LogP contribution in [0.3, 0.4) is 0 Å². The third kappa shape index (κ3) is 2.65. The smallest absolute Gasteiger partial charge is 0.173 e. The number of nitrogens with zero attached hydrogens (tertiary/aromatic N) is 1. The van der Waals surface area contributed by atoms with Crippen molar-refractivity contribution in [2.45, 2.75) is 37.9 Å². The summed E-state index contributed by atoms with van der Waals surface area (Å²) in [4.78, 5) is 2.50. The number of benzene rings is 1. The zero-order valence-corrected chi connectivity index (χ0v) is 12.4. The van der Waals surface area contributed by atoms with Gasteiger partial charge < -0.3 is 10.1 Å². The molecule has 2 bridgehead atoms. The quantitative estimate of drug-likeness (QED) is 0.929. The molecule has 2 aliphatic rings. The molecule has 2 fully saturated rings. The maximum Gasteiger partial charge on any atom is 0.173 e. The van der Waals surface area contributed by atoms with Crippen molar-refractivity contribution in [3.63, 3.8) is 0 Å². The van der Waals surface area contributed by atoms with Crippen LogP contribution >= 0.6 is 11.6 Å². The first-order valence-electron chi connectivity index (χ1n) is 7.17. The van der Waals surface area contributed by atoms with Gasteiger partial charge in [-0.1, -0.05) is 11.6 Å². The standard InChI is InChI=1S/C15H20ClFN2O/c1-20-15-13(16)6-10(7-14(15)17)9-19-11-2-3-12(19)8-18-5-4-11/h6-7,11-12,18H,2-5,8-9H2,1H3/t11-,12+/m1/s1. The molecule has 3 rings (SSSR count). The van der Waals surface area contributed by atoms with Gasteiger partial charge in [0.1, 0.15) is 0 Å². The topological polar surface area (TPSA) is 24.5 Å². The summed E-state index contributed by atoms with van der Waals surface area (Å²) < 4.78 is 18.9. The summed E-state index contributed by atoms with van der Waals surface area (Å²) in [6.45, 7) is 2.87. The van der Waals surface area contributed by atoms with E-state index >= 15 is 0 Å². The van der Waals surface area contributed by atoms with E-state index < -0.39 is 0 Å². The van der Waals surface area contributed by atoms with Gasteiger partial charge in [-0.25, -0.2) is 4.39 Å². The van der Waals surface area contributed by atoms with Crippen LogP contribution in [0.25, 0.3) is 0 Å². The zero-order valence-electron chi connectivity index (χ0n) is 11.7. The van der Waals surface area contributed by atoms with Crippen LogP contribution in [0.2, 0.25) is 5.02 Å². The maximum absolute atomic E-state index is 13.9. The molecule has 2 atom stereocenters. The van der Waals surface area contributed by atoms with E-state index in [1.807, 2.05) is 6.07 Å². The number of halogens is 2. The molecule has 5 heteroatoms. The van der Waals surface area contributed by atoms with Crippen molar-refractivity contribution in [1.82, 2.24) is 10.2 Å². The molecule has 0 saturated carbocycles. The minimum absolute atomic E-state index is 0.135. The second kappa shape index (κ2) is 5.88. The van der Waals surface area contributed by atoms with Crippen molar-refractivity contribution < 1.29 is 9.13 Å². The van der Waals surface area contributed by atoms with Crippen molar-refractivity contribution in [2.75, 3.05) is 20.2 Å². The number of nitrogens with one attached hydrogen (secondary N) is 1. The summed E-state index contributed by atoms with van der Waals surface area (Å²) in [5, 5.41) is 3.82. The van der Waals surface area contributed by atoms with Gasteiger partial charge in [0.05, 0.1) is 12.1 Å². The van der Waals surface area contributed by atoms with Gasteiger partial charge in [-0.05, 0) is 43.5 Å². The van der Waals surface area contributed by atoms with E-state index in [9.17, 15) is 4.39 Å². The first-order chi connectivity index (χ1) is 9.69. The highest BCUT2D eigenvalue weighted by molar-refractivity contribution is 6.32. The molecule has 0 aromatic heterocycles. The zero-order chi connectivity index (χ0) is 14.1. The van der Waals surface area contributed by atoms with Crippen LogP contribution in [-0.2, 0) is 6.54 Å². The molecule has 110 valence electrons. The Morgan fingerprint density at radius 1 is 1.35 bits per heavy atom. The first kappa shape index (κ1) is 14.1. The molecule has 0 amide bonds. The third-order valence-electron chi connectivity index (χ3n) is 4.43.